The molecule has 9 heteroatoms. The highest BCUT2D eigenvalue weighted by molar-refractivity contribution is 5.73. The van der Waals surface area contributed by atoms with Crippen LogP contribution in [0.3, 0.4) is 0 Å². The van der Waals surface area contributed by atoms with Crippen molar-refractivity contribution in [3.05, 3.63) is 40.6 Å². The molecule has 0 bridgehead atoms. The van der Waals surface area contributed by atoms with E-state index >= 15 is 0 Å². The Balaban J connectivity index is 2.03. The molecule has 0 fully saturated rings. The van der Waals surface area contributed by atoms with Crippen LogP contribution in [0.15, 0.2) is 35.0 Å². The SMILES string of the molecule is Cn1ccc(-c2noc(-c3cc([N+](=O)[O-])ccc3N)n2)n1. The number of nitro benzene ring substituents is 1. The van der Waals surface area contributed by atoms with Crippen molar-refractivity contribution in [1.29, 1.82) is 0 Å². The number of nitrogen functional groups attached to an aromatic ring is 1. The Bertz CT molecular complexity index is 822. The predicted octanol–water partition coefficient (Wildman–Crippen LogP) is 1.63. The lowest BCUT2D eigenvalue weighted by Gasteiger charge is -1.99. The molecule has 1 aromatic carbocycles. The molecule has 9 nitrogen and oxygen atoms in total. The van der Waals surface area contributed by atoms with Crippen LogP contribution in [0.1, 0.15) is 0 Å². The summed E-state index contributed by atoms with van der Waals surface area (Å²) in [5.74, 6) is 0.397. The molecule has 2 aromatic heterocycles. The van der Waals surface area contributed by atoms with Crippen LogP contribution < -0.4 is 5.73 Å². The molecule has 0 amide bonds. The van der Waals surface area contributed by atoms with Gasteiger partial charge in [-0.2, -0.15) is 10.1 Å². The summed E-state index contributed by atoms with van der Waals surface area (Å²) >= 11 is 0. The summed E-state index contributed by atoms with van der Waals surface area (Å²) in [4.78, 5) is 14.5. The van der Waals surface area contributed by atoms with Gasteiger partial charge >= 0.3 is 0 Å². The average molecular weight is 286 g/mol. The van der Waals surface area contributed by atoms with Gasteiger partial charge in [-0.05, 0) is 12.1 Å². The molecule has 0 spiro atoms. The lowest BCUT2D eigenvalue weighted by molar-refractivity contribution is -0.384. The largest absolute Gasteiger partial charge is 0.398 e. The van der Waals surface area contributed by atoms with Gasteiger partial charge in [-0.25, -0.2) is 0 Å². The first-order valence-electron chi connectivity index (χ1n) is 5.92. The van der Waals surface area contributed by atoms with Crippen molar-refractivity contribution < 1.29 is 9.45 Å². The summed E-state index contributed by atoms with van der Waals surface area (Å²) in [6.07, 6.45) is 1.74. The molecule has 0 radical (unpaired) electrons. The number of aromatic nitrogens is 4. The summed E-state index contributed by atoms with van der Waals surface area (Å²) in [6, 6.07) is 5.77. The number of hydrogen-bond donors (Lipinski definition) is 1. The van der Waals surface area contributed by atoms with E-state index in [1.54, 1.807) is 24.0 Å². The van der Waals surface area contributed by atoms with E-state index in [1.165, 1.54) is 18.2 Å². The number of benzene rings is 1. The molecule has 0 aliphatic rings. The normalized spacial score (nSPS) is 10.7. The van der Waals surface area contributed by atoms with E-state index in [4.69, 9.17) is 10.3 Å². The third kappa shape index (κ3) is 2.31. The fraction of sp³-hybridized carbons (Fsp3) is 0.0833. The first-order valence-corrected chi connectivity index (χ1v) is 5.92. The fourth-order valence-corrected chi connectivity index (χ4v) is 1.81. The predicted molar refractivity (Wildman–Crippen MR) is 73.0 cm³/mol. The fourth-order valence-electron chi connectivity index (χ4n) is 1.81. The number of rotatable bonds is 3. The summed E-state index contributed by atoms with van der Waals surface area (Å²) < 4.78 is 6.72. The summed E-state index contributed by atoms with van der Waals surface area (Å²) in [5, 5.41) is 18.8. The number of hydrogen-bond acceptors (Lipinski definition) is 7. The number of aryl methyl sites for hydroxylation is 1. The molecule has 0 aliphatic heterocycles. The molecule has 2 heterocycles. The third-order valence-corrected chi connectivity index (χ3v) is 2.85. The number of nitro groups is 1. The number of non-ortho nitro benzene ring substituents is 1. The van der Waals surface area contributed by atoms with Gasteiger partial charge in [0.25, 0.3) is 11.6 Å². The summed E-state index contributed by atoms with van der Waals surface area (Å²) in [6.45, 7) is 0. The van der Waals surface area contributed by atoms with Crippen molar-refractivity contribution in [2.75, 3.05) is 5.73 Å². The zero-order chi connectivity index (χ0) is 15.0. The number of anilines is 1. The van der Waals surface area contributed by atoms with Crippen LogP contribution in [0.5, 0.6) is 0 Å². The maximum atomic E-state index is 10.8. The maximum Gasteiger partial charge on any atom is 0.270 e. The van der Waals surface area contributed by atoms with Crippen molar-refractivity contribution in [2.24, 2.45) is 7.05 Å². The van der Waals surface area contributed by atoms with Crippen LogP contribution in [0.2, 0.25) is 0 Å². The van der Waals surface area contributed by atoms with Gasteiger partial charge in [-0.3, -0.25) is 14.8 Å². The molecule has 0 unspecified atom stereocenters. The Morgan fingerprint density at radius 2 is 2.19 bits per heavy atom. The van der Waals surface area contributed by atoms with Crippen LogP contribution in [-0.4, -0.2) is 24.8 Å². The second kappa shape index (κ2) is 4.71. The van der Waals surface area contributed by atoms with Gasteiger partial charge in [-0.1, -0.05) is 5.16 Å². The van der Waals surface area contributed by atoms with Crippen molar-refractivity contribution >= 4 is 11.4 Å². The molecule has 21 heavy (non-hydrogen) atoms. The Labute approximate surface area is 118 Å². The lowest BCUT2D eigenvalue weighted by Crippen LogP contribution is -1.94. The van der Waals surface area contributed by atoms with Gasteiger partial charge < -0.3 is 10.3 Å². The monoisotopic (exact) mass is 286 g/mol. The van der Waals surface area contributed by atoms with Crippen LogP contribution in [-0.2, 0) is 7.05 Å². The minimum absolute atomic E-state index is 0.100. The standard InChI is InChI=1S/C12H10N6O3/c1-17-5-4-10(15-17)11-14-12(21-16-11)8-6-7(18(19)20)2-3-9(8)13/h2-6H,13H2,1H3. The van der Waals surface area contributed by atoms with Gasteiger partial charge in [0, 0.05) is 31.1 Å². The van der Waals surface area contributed by atoms with E-state index < -0.39 is 4.92 Å². The summed E-state index contributed by atoms with van der Waals surface area (Å²) in [5.41, 5.74) is 6.88. The highest BCUT2D eigenvalue weighted by atomic mass is 16.6. The third-order valence-electron chi connectivity index (χ3n) is 2.85. The molecular weight excluding hydrogens is 276 g/mol. The van der Waals surface area contributed by atoms with Crippen molar-refractivity contribution in [1.82, 2.24) is 19.9 Å². The number of nitrogens with two attached hydrogens (primary N) is 1. The molecular formula is C12H10N6O3. The lowest BCUT2D eigenvalue weighted by atomic mass is 10.1. The minimum atomic E-state index is -0.515. The zero-order valence-corrected chi connectivity index (χ0v) is 10.9. The maximum absolute atomic E-state index is 10.8. The van der Waals surface area contributed by atoms with Gasteiger partial charge in [-0.15, -0.1) is 0 Å². The average Bonchev–Trinajstić information content (AvgIpc) is 3.07. The van der Waals surface area contributed by atoms with Gasteiger partial charge in [0.1, 0.15) is 5.69 Å². The van der Waals surface area contributed by atoms with Crippen molar-refractivity contribution in [3.8, 4) is 23.0 Å². The second-order valence-electron chi connectivity index (χ2n) is 4.33. The van der Waals surface area contributed by atoms with E-state index in [-0.39, 0.29) is 17.4 Å². The zero-order valence-electron chi connectivity index (χ0n) is 10.9. The van der Waals surface area contributed by atoms with Crippen molar-refractivity contribution in [2.45, 2.75) is 0 Å². The highest BCUT2D eigenvalue weighted by Crippen LogP contribution is 2.29. The van der Waals surface area contributed by atoms with Gasteiger partial charge in [0.15, 0.2) is 0 Å². The number of nitrogens with zero attached hydrogens (tertiary/aromatic N) is 5. The second-order valence-corrected chi connectivity index (χ2v) is 4.33. The smallest absolute Gasteiger partial charge is 0.270 e. The molecule has 0 aliphatic carbocycles. The molecule has 3 rings (SSSR count). The minimum Gasteiger partial charge on any atom is -0.398 e. The molecule has 106 valence electrons. The molecule has 2 N–H and O–H groups in total. The topological polar surface area (TPSA) is 126 Å². The van der Waals surface area contributed by atoms with E-state index in [9.17, 15) is 10.1 Å². The van der Waals surface area contributed by atoms with E-state index in [0.717, 1.165) is 0 Å². The van der Waals surface area contributed by atoms with Crippen LogP contribution in [0, 0.1) is 10.1 Å². The molecule has 0 saturated carbocycles. The Kier molecular flexibility index (Phi) is 2.87. The first kappa shape index (κ1) is 12.8. The van der Waals surface area contributed by atoms with E-state index in [1.807, 2.05) is 0 Å². The molecule has 0 saturated heterocycles. The quantitative estimate of drug-likeness (QED) is 0.440. The van der Waals surface area contributed by atoms with E-state index in [0.29, 0.717) is 16.9 Å². The Morgan fingerprint density at radius 3 is 2.86 bits per heavy atom. The van der Waals surface area contributed by atoms with Crippen LogP contribution in [0.25, 0.3) is 23.0 Å². The van der Waals surface area contributed by atoms with E-state index in [2.05, 4.69) is 15.2 Å². The Morgan fingerprint density at radius 1 is 1.38 bits per heavy atom. The molecule has 3 aromatic rings. The Hall–Kier alpha value is -3.23. The highest BCUT2D eigenvalue weighted by Gasteiger charge is 2.17. The summed E-state index contributed by atoms with van der Waals surface area (Å²) in [7, 11) is 1.77. The van der Waals surface area contributed by atoms with Crippen LogP contribution >= 0.6 is 0 Å². The van der Waals surface area contributed by atoms with Gasteiger partial charge in [0.05, 0.1) is 10.5 Å². The van der Waals surface area contributed by atoms with Crippen LogP contribution in [0.4, 0.5) is 11.4 Å². The first-order chi connectivity index (χ1) is 10.0. The van der Waals surface area contributed by atoms with Gasteiger partial charge in [0.2, 0.25) is 5.82 Å². The van der Waals surface area contributed by atoms with Crippen molar-refractivity contribution in [3.63, 3.8) is 0 Å². The molecule has 0 atom stereocenters.